The molecular formula is C11H19N5S. The van der Waals surface area contributed by atoms with E-state index in [2.05, 4.69) is 26.1 Å². The van der Waals surface area contributed by atoms with Gasteiger partial charge in [0.05, 0.1) is 0 Å². The summed E-state index contributed by atoms with van der Waals surface area (Å²) in [5, 5.41) is 0. The number of hydrogen-bond acceptors (Lipinski definition) is 6. The number of anilines is 2. The molecular weight excluding hydrogens is 234 g/mol. The highest BCUT2D eigenvalue weighted by Crippen LogP contribution is 2.38. The molecule has 0 aliphatic heterocycles. The number of thioether (sulfide) groups is 1. The van der Waals surface area contributed by atoms with E-state index in [4.69, 9.17) is 5.73 Å². The van der Waals surface area contributed by atoms with Crippen molar-refractivity contribution in [2.75, 3.05) is 36.2 Å². The first-order valence-corrected chi connectivity index (χ1v) is 7.31. The van der Waals surface area contributed by atoms with Gasteiger partial charge in [0.25, 0.3) is 0 Å². The average molecular weight is 253 g/mol. The predicted molar refractivity (Wildman–Crippen MR) is 72.5 cm³/mol. The minimum atomic E-state index is 0.341. The zero-order valence-corrected chi connectivity index (χ0v) is 11.2. The maximum atomic E-state index is 5.72. The van der Waals surface area contributed by atoms with Crippen LogP contribution in [0.3, 0.4) is 0 Å². The average Bonchev–Trinajstić information content (AvgIpc) is 3.12. The molecule has 0 unspecified atom stereocenters. The summed E-state index contributed by atoms with van der Waals surface area (Å²) < 4.78 is 0. The van der Waals surface area contributed by atoms with Crippen LogP contribution in [0.5, 0.6) is 0 Å². The van der Waals surface area contributed by atoms with Crippen LogP contribution in [0.2, 0.25) is 0 Å². The van der Waals surface area contributed by atoms with Crippen LogP contribution in [0.25, 0.3) is 0 Å². The van der Waals surface area contributed by atoms with Crippen LogP contribution >= 0.6 is 11.8 Å². The van der Waals surface area contributed by atoms with Gasteiger partial charge in [0.2, 0.25) is 11.9 Å². The molecule has 1 aliphatic carbocycles. The van der Waals surface area contributed by atoms with E-state index in [1.807, 2.05) is 18.8 Å². The van der Waals surface area contributed by atoms with E-state index in [0.717, 1.165) is 24.5 Å². The molecule has 0 atom stereocenters. The van der Waals surface area contributed by atoms with Crippen LogP contribution in [0.4, 0.5) is 11.9 Å². The lowest BCUT2D eigenvalue weighted by molar-refractivity contribution is 0.797. The fourth-order valence-electron chi connectivity index (χ4n) is 1.64. The van der Waals surface area contributed by atoms with Crippen molar-refractivity contribution >= 4 is 23.7 Å². The Morgan fingerprint density at radius 3 is 2.76 bits per heavy atom. The van der Waals surface area contributed by atoms with Gasteiger partial charge in [0.15, 0.2) is 0 Å². The maximum Gasteiger partial charge on any atom is 0.230 e. The summed E-state index contributed by atoms with van der Waals surface area (Å²) in [4.78, 5) is 14.9. The fourth-order valence-corrected chi connectivity index (χ4v) is 2.06. The van der Waals surface area contributed by atoms with Crippen LogP contribution in [-0.2, 0) is 0 Å². The van der Waals surface area contributed by atoms with Gasteiger partial charge in [-0.1, -0.05) is 0 Å². The van der Waals surface area contributed by atoms with Crippen LogP contribution in [0.15, 0.2) is 0 Å². The van der Waals surface area contributed by atoms with Crippen LogP contribution in [-0.4, -0.2) is 40.6 Å². The first-order valence-electron chi connectivity index (χ1n) is 5.92. The molecule has 0 radical (unpaired) electrons. The summed E-state index contributed by atoms with van der Waals surface area (Å²) in [7, 11) is 2.01. The van der Waals surface area contributed by atoms with Gasteiger partial charge in [0.1, 0.15) is 5.82 Å². The lowest BCUT2D eigenvalue weighted by Crippen LogP contribution is -2.23. The van der Waals surface area contributed by atoms with Crippen molar-refractivity contribution in [1.29, 1.82) is 0 Å². The number of nitrogens with zero attached hydrogens (tertiary/aromatic N) is 4. The quantitative estimate of drug-likeness (QED) is 0.775. The Morgan fingerprint density at radius 1 is 1.35 bits per heavy atom. The molecule has 1 heterocycles. The molecule has 1 aromatic heterocycles. The second-order valence-electron chi connectivity index (χ2n) is 4.39. The Kier molecular flexibility index (Phi) is 4.04. The lowest BCUT2D eigenvalue weighted by Gasteiger charge is -2.17. The summed E-state index contributed by atoms with van der Waals surface area (Å²) in [6.07, 6.45) is 5.60. The Morgan fingerprint density at radius 2 is 2.12 bits per heavy atom. The van der Waals surface area contributed by atoms with Crippen molar-refractivity contribution in [3.05, 3.63) is 5.82 Å². The molecule has 1 aromatic rings. The monoisotopic (exact) mass is 253 g/mol. The van der Waals surface area contributed by atoms with E-state index in [-0.39, 0.29) is 0 Å². The first kappa shape index (κ1) is 12.4. The molecule has 17 heavy (non-hydrogen) atoms. The van der Waals surface area contributed by atoms with E-state index < -0.39 is 0 Å². The highest BCUT2D eigenvalue weighted by Gasteiger charge is 2.27. The van der Waals surface area contributed by atoms with Gasteiger partial charge in [-0.25, -0.2) is 0 Å². The van der Waals surface area contributed by atoms with Crippen molar-refractivity contribution in [2.45, 2.75) is 25.2 Å². The van der Waals surface area contributed by atoms with E-state index in [1.54, 1.807) is 0 Å². The molecule has 0 spiro atoms. The normalized spacial score (nSPS) is 14.9. The molecule has 1 fully saturated rings. The van der Waals surface area contributed by atoms with E-state index in [0.29, 0.717) is 17.8 Å². The Hall–Kier alpha value is -1.04. The van der Waals surface area contributed by atoms with Gasteiger partial charge < -0.3 is 10.6 Å². The zero-order chi connectivity index (χ0) is 12.3. The second kappa shape index (κ2) is 5.53. The third kappa shape index (κ3) is 3.46. The van der Waals surface area contributed by atoms with Crippen molar-refractivity contribution in [3.8, 4) is 0 Å². The number of nitrogen functional groups attached to an aromatic ring is 1. The molecule has 94 valence electrons. The first-order chi connectivity index (χ1) is 8.20. The molecule has 0 aromatic carbocycles. The molecule has 0 amide bonds. The summed E-state index contributed by atoms with van der Waals surface area (Å²) >= 11 is 1.86. The summed E-state index contributed by atoms with van der Waals surface area (Å²) in [5.41, 5.74) is 5.72. The van der Waals surface area contributed by atoms with Crippen molar-refractivity contribution < 1.29 is 0 Å². The molecule has 6 heteroatoms. The third-order valence-corrected chi connectivity index (χ3v) is 3.48. The van der Waals surface area contributed by atoms with E-state index >= 15 is 0 Å². The molecule has 5 nitrogen and oxygen atoms in total. The summed E-state index contributed by atoms with van der Waals surface area (Å²) in [6, 6.07) is 0. The third-order valence-electron chi connectivity index (χ3n) is 2.78. The van der Waals surface area contributed by atoms with E-state index in [1.165, 1.54) is 12.8 Å². The predicted octanol–water partition coefficient (Wildman–Crippen LogP) is 1.52. The highest BCUT2D eigenvalue weighted by molar-refractivity contribution is 7.98. The molecule has 1 saturated carbocycles. The lowest BCUT2D eigenvalue weighted by atomic mass is 10.4. The topological polar surface area (TPSA) is 67.9 Å². The second-order valence-corrected chi connectivity index (χ2v) is 5.38. The SMILES string of the molecule is CSCCCN(C)c1nc(N)nc(C2CC2)n1. The van der Waals surface area contributed by atoms with Crippen molar-refractivity contribution in [1.82, 2.24) is 15.0 Å². The molecule has 2 N–H and O–H groups in total. The molecule has 0 saturated heterocycles. The Labute approximate surface area is 106 Å². The van der Waals surface area contributed by atoms with Gasteiger partial charge in [-0.15, -0.1) is 0 Å². The minimum Gasteiger partial charge on any atom is -0.368 e. The van der Waals surface area contributed by atoms with Crippen molar-refractivity contribution in [3.63, 3.8) is 0 Å². The van der Waals surface area contributed by atoms with Crippen LogP contribution < -0.4 is 10.6 Å². The Bertz CT molecular complexity index is 380. The van der Waals surface area contributed by atoms with Crippen LogP contribution in [0, 0.1) is 0 Å². The minimum absolute atomic E-state index is 0.341. The van der Waals surface area contributed by atoms with Crippen LogP contribution in [0.1, 0.15) is 31.0 Å². The smallest absolute Gasteiger partial charge is 0.230 e. The van der Waals surface area contributed by atoms with Gasteiger partial charge in [-0.3, -0.25) is 0 Å². The molecule has 2 rings (SSSR count). The van der Waals surface area contributed by atoms with Gasteiger partial charge >= 0.3 is 0 Å². The number of hydrogen-bond donors (Lipinski definition) is 1. The summed E-state index contributed by atoms with van der Waals surface area (Å²) in [5.74, 6) is 3.58. The number of rotatable bonds is 6. The number of aromatic nitrogens is 3. The zero-order valence-electron chi connectivity index (χ0n) is 10.4. The number of nitrogens with two attached hydrogens (primary N) is 1. The van der Waals surface area contributed by atoms with Gasteiger partial charge in [-0.2, -0.15) is 26.7 Å². The molecule has 1 aliphatic rings. The van der Waals surface area contributed by atoms with Gasteiger partial charge in [0, 0.05) is 19.5 Å². The Balaban J connectivity index is 2.03. The van der Waals surface area contributed by atoms with E-state index in [9.17, 15) is 0 Å². The maximum absolute atomic E-state index is 5.72. The standard InChI is InChI=1S/C11H19N5S/c1-16(6-3-7-17-2)11-14-9(8-4-5-8)13-10(12)15-11/h8H,3-7H2,1-2H3,(H2,12,13,14,15). The molecule has 0 bridgehead atoms. The van der Waals surface area contributed by atoms with Crippen molar-refractivity contribution in [2.24, 2.45) is 0 Å². The van der Waals surface area contributed by atoms with Gasteiger partial charge in [-0.05, 0) is 31.3 Å². The summed E-state index contributed by atoms with van der Waals surface area (Å²) in [6.45, 7) is 0.953. The highest BCUT2D eigenvalue weighted by atomic mass is 32.2. The largest absolute Gasteiger partial charge is 0.368 e. The fraction of sp³-hybridized carbons (Fsp3) is 0.727.